The van der Waals surface area contributed by atoms with Crippen molar-refractivity contribution in [3.63, 3.8) is 0 Å². The molecular weight excluding hydrogens is 670 g/mol. The number of nitrogens with zero attached hydrogens (tertiary/aromatic N) is 2. The lowest BCUT2D eigenvalue weighted by molar-refractivity contribution is -0.160. The molecule has 1 unspecified atom stereocenters. The van der Waals surface area contributed by atoms with Crippen molar-refractivity contribution >= 4 is 75.6 Å². The van der Waals surface area contributed by atoms with Gasteiger partial charge in [0.2, 0.25) is 5.91 Å². The summed E-state index contributed by atoms with van der Waals surface area (Å²) in [6.07, 6.45) is -0.842. The van der Waals surface area contributed by atoms with Crippen LogP contribution in [0.2, 0.25) is 20.1 Å². The van der Waals surface area contributed by atoms with Crippen LogP contribution in [0.15, 0.2) is 44.0 Å². The molecule has 1 spiro atoms. The molecule has 4 atom stereocenters. The Morgan fingerprint density at radius 2 is 1.73 bits per heavy atom. The fourth-order valence-electron chi connectivity index (χ4n) is 6.58. The number of benzene rings is 2. The molecule has 16 heteroatoms. The van der Waals surface area contributed by atoms with Gasteiger partial charge in [0.1, 0.15) is 11.5 Å². The second-order valence-corrected chi connectivity index (χ2v) is 12.6. The number of alkyl halides is 2. The Hall–Kier alpha value is -3.16. The lowest BCUT2D eigenvalue weighted by Gasteiger charge is -2.36. The SMILES string of the molecule is Cc1oc(=O)oc1COC(=O)C1[C@@H](C(=O)N(C)c2cc(Cl)cc(Cl)c2)[C@H]2CC(F)(F)CN2[C@]12C(=O)Nc1c(Cl)cc(Cl)cc12. The highest BCUT2D eigenvalue weighted by Gasteiger charge is 2.75. The van der Waals surface area contributed by atoms with Gasteiger partial charge in [0, 0.05) is 45.8 Å². The highest BCUT2D eigenvalue weighted by atomic mass is 35.5. The zero-order valence-corrected chi connectivity index (χ0v) is 25.8. The number of nitrogens with one attached hydrogen (secondary N) is 1. The van der Waals surface area contributed by atoms with Crippen molar-refractivity contribution in [2.75, 3.05) is 23.8 Å². The Kier molecular flexibility index (Phi) is 7.52. The van der Waals surface area contributed by atoms with Gasteiger partial charge >= 0.3 is 11.8 Å². The second kappa shape index (κ2) is 10.7. The van der Waals surface area contributed by atoms with E-state index in [1.54, 1.807) is 0 Å². The number of hydrogen-bond acceptors (Lipinski definition) is 8. The molecule has 2 saturated heterocycles. The normalized spacial score (nSPS) is 25.2. The Labute approximate surface area is 267 Å². The standard InChI is InChI=1S/C28H21Cl4F2N3O7/c1-11-19(44-26(41)43-11)9-42-24(39)21-20(23(38)36(2)15-4-12(29)3-13(30)5-15)18-8-27(33,34)10-37(18)28(21)16-6-14(31)7-17(32)22(16)35-25(28)40/h3-7,18,20-21H,8-10H2,1-2H3,(H,35,40)/t18-,20+,21?,28+/m1/s1. The molecular formula is C28H21Cl4F2N3O7. The Morgan fingerprint density at radius 1 is 1.07 bits per heavy atom. The molecule has 10 nitrogen and oxygen atoms in total. The van der Waals surface area contributed by atoms with E-state index in [4.69, 9.17) is 60.0 Å². The van der Waals surface area contributed by atoms with Gasteiger partial charge in [-0.25, -0.2) is 13.6 Å². The van der Waals surface area contributed by atoms with Gasteiger partial charge in [-0.15, -0.1) is 0 Å². The predicted octanol–water partition coefficient (Wildman–Crippen LogP) is 5.66. The summed E-state index contributed by atoms with van der Waals surface area (Å²) in [5, 5.41) is 3.08. The topological polar surface area (TPSA) is 122 Å². The predicted molar refractivity (Wildman–Crippen MR) is 155 cm³/mol. The summed E-state index contributed by atoms with van der Waals surface area (Å²) in [6.45, 7) is -0.148. The maximum absolute atomic E-state index is 15.2. The van der Waals surface area contributed by atoms with Gasteiger partial charge in [0.15, 0.2) is 18.1 Å². The van der Waals surface area contributed by atoms with E-state index in [2.05, 4.69) is 5.32 Å². The smallest absolute Gasteiger partial charge is 0.457 e. The van der Waals surface area contributed by atoms with Crippen LogP contribution in [0, 0.1) is 18.8 Å². The van der Waals surface area contributed by atoms with Crippen LogP contribution in [0.25, 0.3) is 0 Å². The summed E-state index contributed by atoms with van der Waals surface area (Å²) in [7, 11) is 1.37. The average Bonchev–Trinajstić information content (AvgIpc) is 3.60. The van der Waals surface area contributed by atoms with E-state index in [0.717, 1.165) is 9.80 Å². The van der Waals surface area contributed by atoms with Crippen LogP contribution in [0.5, 0.6) is 0 Å². The molecule has 0 aliphatic carbocycles. The van der Waals surface area contributed by atoms with Crippen molar-refractivity contribution in [2.45, 2.75) is 37.5 Å². The zero-order chi connectivity index (χ0) is 31.9. The number of hydrogen-bond donors (Lipinski definition) is 1. The first-order valence-electron chi connectivity index (χ1n) is 13.1. The van der Waals surface area contributed by atoms with Gasteiger partial charge < -0.3 is 23.8 Å². The molecule has 3 aromatic rings. The van der Waals surface area contributed by atoms with Crippen LogP contribution < -0.4 is 16.0 Å². The van der Waals surface area contributed by atoms with Crippen molar-refractivity contribution in [3.05, 3.63) is 78.1 Å². The third-order valence-electron chi connectivity index (χ3n) is 8.32. The van der Waals surface area contributed by atoms with Crippen molar-refractivity contribution in [2.24, 2.45) is 11.8 Å². The average molecular weight is 691 g/mol. The number of fused-ring (bicyclic) bond motifs is 4. The van der Waals surface area contributed by atoms with Gasteiger partial charge in [-0.2, -0.15) is 0 Å². The molecule has 3 aliphatic heterocycles. The van der Waals surface area contributed by atoms with E-state index >= 15 is 8.78 Å². The molecule has 2 fully saturated rings. The van der Waals surface area contributed by atoms with Crippen molar-refractivity contribution in [1.82, 2.24) is 4.90 Å². The number of halogens is 6. The highest BCUT2D eigenvalue weighted by molar-refractivity contribution is 6.38. The fraction of sp³-hybridized carbons (Fsp3) is 0.357. The number of anilines is 2. The molecule has 3 aliphatic rings. The Bertz CT molecular complexity index is 1780. The quantitative estimate of drug-likeness (QED) is 0.340. The minimum atomic E-state index is -3.33. The fourth-order valence-corrected chi connectivity index (χ4v) is 7.64. The molecule has 44 heavy (non-hydrogen) atoms. The lowest BCUT2D eigenvalue weighted by Crippen LogP contribution is -2.54. The van der Waals surface area contributed by atoms with Gasteiger partial charge in [-0.1, -0.05) is 46.4 Å². The largest absolute Gasteiger partial charge is 0.519 e. The van der Waals surface area contributed by atoms with Crippen molar-refractivity contribution in [3.8, 4) is 0 Å². The highest BCUT2D eigenvalue weighted by Crippen LogP contribution is 2.61. The van der Waals surface area contributed by atoms with E-state index in [0.29, 0.717) is 0 Å². The summed E-state index contributed by atoms with van der Waals surface area (Å²) < 4.78 is 45.7. The van der Waals surface area contributed by atoms with E-state index in [9.17, 15) is 19.2 Å². The van der Waals surface area contributed by atoms with Crippen molar-refractivity contribution in [1.29, 1.82) is 0 Å². The van der Waals surface area contributed by atoms with Crippen molar-refractivity contribution < 1.29 is 36.7 Å². The van der Waals surface area contributed by atoms with Crippen LogP contribution in [0.4, 0.5) is 20.2 Å². The number of ether oxygens (including phenoxy) is 1. The third-order valence-corrected chi connectivity index (χ3v) is 9.28. The second-order valence-electron chi connectivity index (χ2n) is 10.9. The van der Waals surface area contributed by atoms with E-state index < -0.39 is 72.5 Å². The number of aryl methyl sites for hydroxylation is 1. The number of amides is 2. The zero-order valence-electron chi connectivity index (χ0n) is 22.8. The van der Waals surface area contributed by atoms with Gasteiger partial charge in [0.25, 0.3) is 11.8 Å². The van der Waals surface area contributed by atoms with E-state index in [1.807, 2.05) is 0 Å². The first-order chi connectivity index (χ1) is 20.6. The number of esters is 1. The molecule has 1 aromatic heterocycles. The summed E-state index contributed by atoms with van der Waals surface area (Å²) >= 11 is 25.1. The molecule has 232 valence electrons. The first kappa shape index (κ1) is 30.8. The monoisotopic (exact) mass is 689 g/mol. The first-order valence-corrected chi connectivity index (χ1v) is 14.6. The van der Waals surface area contributed by atoms with E-state index in [-0.39, 0.29) is 48.5 Å². The van der Waals surface area contributed by atoms with Crippen LogP contribution in [0.1, 0.15) is 23.5 Å². The molecule has 4 heterocycles. The van der Waals surface area contributed by atoms with Crippen LogP contribution in [-0.4, -0.2) is 48.2 Å². The third kappa shape index (κ3) is 4.78. The summed E-state index contributed by atoms with van der Waals surface area (Å²) in [4.78, 5) is 56.4. The molecule has 0 radical (unpaired) electrons. The van der Waals surface area contributed by atoms with Crippen LogP contribution in [-0.2, 0) is 31.3 Å². The minimum Gasteiger partial charge on any atom is -0.457 e. The Balaban J connectivity index is 1.53. The van der Waals surface area contributed by atoms with E-state index in [1.165, 1.54) is 44.3 Å². The van der Waals surface area contributed by atoms with Gasteiger partial charge in [-0.3, -0.25) is 19.3 Å². The molecule has 0 bridgehead atoms. The number of rotatable bonds is 5. The van der Waals surface area contributed by atoms with Gasteiger partial charge in [0.05, 0.1) is 23.2 Å². The minimum absolute atomic E-state index is 0.00334. The van der Waals surface area contributed by atoms with Crippen LogP contribution in [0.3, 0.4) is 0 Å². The summed E-state index contributed by atoms with van der Waals surface area (Å²) in [6, 6.07) is 5.70. The molecule has 0 saturated carbocycles. The van der Waals surface area contributed by atoms with Crippen LogP contribution >= 0.6 is 46.4 Å². The lowest BCUT2D eigenvalue weighted by atomic mass is 9.73. The molecule has 2 amide bonds. The number of carbonyl (C=O) groups excluding carboxylic acids is 3. The summed E-state index contributed by atoms with van der Waals surface area (Å²) in [5.74, 6) is -10.4. The number of carbonyl (C=O) groups is 3. The molecule has 1 N–H and O–H groups in total. The van der Waals surface area contributed by atoms with Gasteiger partial charge in [-0.05, 0) is 37.3 Å². The Morgan fingerprint density at radius 3 is 2.36 bits per heavy atom. The molecule has 2 aromatic carbocycles. The molecule has 6 rings (SSSR count). The summed E-state index contributed by atoms with van der Waals surface area (Å²) in [5.41, 5.74) is -1.85. The maximum atomic E-state index is 15.2. The maximum Gasteiger partial charge on any atom is 0.519 e.